The zero-order chi connectivity index (χ0) is 12.3. The van der Waals surface area contributed by atoms with E-state index in [1.54, 1.807) is 13.8 Å². The normalized spacial score (nSPS) is 19.2. The minimum absolute atomic E-state index is 0.0442. The maximum Gasteiger partial charge on any atom is 0.325 e. The van der Waals surface area contributed by atoms with Crippen molar-refractivity contribution in [1.29, 1.82) is 0 Å². The molecule has 1 aliphatic heterocycles. The summed E-state index contributed by atoms with van der Waals surface area (Å²) < 4.78 is 27.1. The fraction of sp³-hybridized carbons (Fsp3) is 0.909. The molecule has 0 aromatic heterocycles. The summed E-state index contributed by atoms with van der Waals surface area (Å²) in [6.45, 7) is 4.09. The standard InChI is InChI=1S/C11H20F2N2O/c1-8(2)7-11(12,13)10(16)15-5-3-9(14)4-6-15/h8-9H,3-7,14H2,1-2H3. The number of nitrogens with two attached hydrogens (primary N) is 1. The second kappa shape index (κ2) is 5.08. The van der Waals surface area contributed by atoms with Crippen LogP contribution in [0.1, 0.15) is 33.1 Å². The van der Waals surface area contributed by atoms with Crippen molar-refractivity contribution in [3.8, 4) is 0 Å². The molecule has 0 spiro atoms. The third kappa shape index (κ3) is 3.40. The van der Waals surface area contributed by atoms with E-state index < -0.39 is 11.8 Å². The topological polar surface area (TPSA) is 46.3 Å². The molecule has 2 N–H and O–H groups in total. The summed E-state index contributed by atoms with van der Waals surface area (Å²) in [5.74, 6) is -4.45. The number of halogens is 2. The molecule has 3 nitrogen and oxygen atoms in total. The molecule has 1 aliphatic rings. The van der Waals surface area contributed by atoms with Crippen molar-refractivity contribution >= 4 is 5.91 Å². The quantitative estimate of drug-likeness (QED) is 0.806. The lowest BCUT2D eigenvalue weighted by Crippen LogP contribution is -2.49. The maximum atomic E-state index is 13.5. The van der Waals surface area contributed by atoms with E-state index in [-0.39, 0.29) is 18.4 Å². The molecule has 1 saturated heterocycles. The second-order valence-electron chi connectivity index (χ2n) is 4.93. The Morgan fingerprint density at radius 1 is 1.44 bits per heavy atom. The Kier molecular flexibility index (Phi) is 4.24. The van der Waals surface area contributed by atoms with E-state index in [2.05, 4.69) is 0 Å². The minimum Gasteiger partial charge on any atom is -0.337 e. The van der Waals surface area contributed by atoms with Crippen LogP contribution in [0.4, 0.5) is 8.78 Å². The van der Waals surface area contributed by atoms with Crippen molar-refractivity contribution in [3.63, 3.8) is 0 Å². The van der Waals surface area contributed by atoms with E-state index in [0.29, 0.717) is 25.9 Å². The largest absolute Gasteiger partial charge is 0.337 e. The van der Waals surface area contributed by atoms with Crippen LogP contribution < -0.4 is 5.73 Å². The van der Waals surface area contributed by atoms with Gasteiger partial charge in [0.15, 0.2) is 0 Å². The number of hydrogen-bond acceptors (Lipinski definition) is 2. The van der Waals surface area contributed by atoms with Crippen molar-refractivity contribution in [2.75, 3.05) is 13.1 Å². The highest BCUT2D eigenvalue weighted by Gasteiger charge is 2.42. The molecule has 0 aliphatic carbocycles. The predicted molar refractivity (Wildman–Crippen MR) is 58.2 cm³/mol. The van der Waals surface area contributed by atoms with Gasteiger partial charge in [0.25, 0.3) is 5.91 Å². The van der Waals surface area contributed by atoms with Gasteiger partial charge in [-0.15, -0.1) is 0 Å². The van der Waals surface area contributed by atoms with Crippen molar-refractivity contribution in [1.82, 2.24) is 4.90 Å². The molecule has 0 unspecified atom stereocenters. The molecule has 0 aromatic carbocycles. The Morgan fingerprint density at radius 3 is 2.38 bits per heavy atom. The van der Waals surface area contributed by atoms with Crippen LogP contribution in [-0.2, 0) is 4.79 Å². The van der Waals surface area contributed by atoms with E-state index in [0.717, 1.165) is 0 Å². The average Bonchev–Trinajstić information content (AvgIpc) is 2.16. The molecule has 1 amide bonds. The molecule has 16 heavy (non-hydrogen) atoms. The Morgan fingerprint density at radius 2 is 1.94 bits per heavy atom. The van der Waals surface area contributed by atoms with E-state index in [1.165, 1.54) is 4.90 Å². The molecular formula is C11H20F2N2O. The first-order chi connectivity index (χ1) is 7.33. The SMILES string of the molecule is CC(C)CC(F)(F)C(=O)N1CCC(N)CC1. The summed E-state index contributed by atoms with van der Waals surface area (Å²) in [6, 6.07) is 0.0442. The van der Waals surface area contributed by atoms with Crippen molar-refractivity contribution in [2.45, 2.75) is 45.1 Å². The number of hydrogen-bond donors (Lipinski definition) is 1. The summed E-state index contributed by atoms with van der Waals surface area (Å²) in [5.41, 5.74) is 5.66. The molecule has 0 atom stereocenters. The summed E-state index contributed by atoms with van der Waals surface area (Å²) >= 11 is 0. The van der Waals surface area contributed by atoms with Gasteiger partial charge in [-0.05, 0) is 18.8 Å². The Hall–Kier alpha value is -0.710. The van der Waals surface area contributed by atoms with Crippen LogP contribution in [0.15, 0.2) is 0 Å². The fourth-order valence-electron chi connectivity index (χ4n) is 1.93. The molecular weight excluding hydrogens is 214 g/mol. The lowest BCUT2D eigenvalue weighted by Gasteiger charge is -2.33. The van der Waals surface area contributed by atoms with Crippen LogP contribution in [0, 0.1) is 5.92 Å². The van der Waals surface area contributed by atoms with Gasteiger partial charge in [-0.1, -0.05) is 13.8 Å². The molecule has 0 saturated carbocycles. The minimum atomic E-state index is -3.23. The fourth-order valence-corrected chi connectivity index (χ4v) is 1.93. The number of carbonyl (C=O) groups is 1. The lowest BCUT2D eigenvalue weighted by molar-refractivity contribution is -0.160. The van der Waals surface area contributed by atoms with Gasteiger partial charge in [0.1, 0.15) is 0 Å². The van der Waals surface area contributed by atoms with Crippen molar-refractivity contribution in [3.05, 3.63) is 0 Å². The number of piperidine rings is 1. The molecule has 1 heterocycles. The molecule has 0 bridgehead atoms. The van der Waals surface area contributed by atoms with E-state index in [9.17, 15) is 13.6 Å². The van der Waals surface area contributed by atoms with Gasteiger partial charge < -0.3 is 10.6 Å². The first kappa shape index (κ1) is 13.4. The Bertz CT molecular complexity index is 248. The van der Waals surface area contributed by atoms with Crippen LogP contribution in [0.25, 0.3) is 0 Å². The van der Waals surface area contributed by atoms with Gasteiger partial charge in [-0.25, -0.2) is 0 Å². The van der Waals surface area contributed by atoms with Gasteiger partial charge in [0, 0.05) is 25.6 Å². The van der Waals surface area contributed by atoms with Crippen LogP contribution in [-0.4, -0.2) is 35.9 Å². The van der Waals surface area contributed by atoms with Gasteiger partial charge in [-0.3, -0.25) is 4.79 Å². The summed E-state index contributed by atoms with van der Waals surface area (Å²) in [6.07, 6.45) is 0.849. The second-order valence-corrected chi connectivity index (χ2v) is 4.93. The average molecular weight is 234 g/mol. The number of amides is 1. The van der Waals surface area contributed by atoms with Crippen LogP contribution in [0.2, 0.25) is 0 Å². The maximum absolute atomic E-state index is 13.5. The molecule has 1 fully saturated rings. The summed E-state index contributed by atoms with van der Waals surface area (Å²) in [4.78, 5) is 12.8. The van der Waals surface area contributed by atoms with Gasteiger partial charge >= 0.3 is 5.92 Å². The van der Waals surface area contributed by atoms with Crippen LogP contribution >= 0.6 is 0 Å². The molecule has 0 radical (unpaired) electrons. The Labute approximate surface area is 95.0 Å². The van der Waals surface area contributed by atoms with E-state index >= 15 is 0 Å². The highest BCUT2D eigenvalue weighted by atomic mass is 19.3. The zero-order valence-electron chi connectivity index (χ0n) is 9.88. The van der Waals surface area contributed by atoms with Gasteiger partial charge in [0.05, 0.1) is 0 Å². The number of likely N-dealkylation sites (tertiary alicyclic amines) is 1. The van der Waals surface area contributed by atoms with E-state index in [4.69, 9.17) is 5.73 Å². The van der Waals surface area contributed by atoms with Gasteiger partial charge in [-0.2, -0.15) is 8.78 Å². The molecule has 94 valence electrons. The monoisotopic (exact) mass is 234 g/mol. The first-order valence-corrected chi connectivity index (χ1v) is 5.75. The van der Waals surface area contributed by atoms with E-state index in [1.807, 2.05) is 0 Å². The number of carbonyl (C=O) groups excluding carboxylic acids is 1. The van der Waals surface area contributed by atoms with Crippen molar-refractivity contribution in [2.24, 2.45) is 11.7 Å². The zero-order valence-corrected chi connectivity index (χ0v) is 9.88. The third-order valence-corrected chi connectivity index (χ3v) is 2.80. The highest BCUT2D eigenvalue weighted by Crippen LogP contribution is 2.27. The molecule has 1 rings (SSSR count). The molecule has 0 aromatic rings. The summed E-state index contributed by atoms with van der Waals surface area (Å²) in [5, 5.41) is 0. The smallest absolute Gasteiger partial charge is 0.325 e. The van der Waals surface area contributed by atoms with Crippen molar-refractivity contribution < 1.29 is 13.6 Å². The predicted octanol–water partition coefficient (Wildman–Crippen LogP) is 1.62. The lowest BCUT2D eigenvalue weighted by atomic mass is 10.0. The number of nitrogens with zero attached hydrogens (tertiary/aromatic N) is 1. The Balaban J connectivity index is 2.56. The third-order valence-electron chi connectivity index (χ3n) is 2.80. The van der Waals surface area contributed by atoms with Gasteiger partial charge in [0.2, 0.25) is 0 Å². The summed E-state index contributed by atoms with van der Waals surface area (Å²) in [7, 11) is 0. The molecule has 5 heteroatoms. The highest BCUT2D eigenvalue weighted by molar-refractivity contribution is 5.83. The number of rotatable bonds is 3. The van der Waals surface area contributed by atoms with Crippen LogP contribution in [0.3, 0.4) is 0 Å². The van der Waals surface area contributed by atoms with Crippen LogP contribution in [0.5, 0.6) is 0 Å². The first-order valence-electron chi connectivity index (χ1n) is 5.75. The number of alkyl halides is 2.